The lowest BCUT2D eigenvalue weighted by atomic mass is 9.90. The van der Waals surface area contributed by atoms with Crippen molar-refractivity contribution in [2.45, 2.75) is 51.6 Å². The van der Waals surface area contributed by atoms with E-state index in [1.54, 1.807) is 4.90 Å². The standard InChI is InChI=1S/C14H24N2O3/c1-3-4-12-14(18)16(9-13(17)15-12)10(2)11-5-7-19-8-6-11/h10-12H,3-9H2,1-2H3,(H,15,17). The van der Waals surface area contributed by atoms with Gasteiger partial charge >= 0.3 is 0 Å². The van der Waals surface area contributed by atoms with Crippen LogP contribution in [0.1, 0.15) is 39.5 Å². The molecule has 0 aromatic heterocycles. The number of amides is 2. The highest BCUT2D eigenvalue weighted by atomic mass is 16.5. The minimum Gasteiger partial charge on any atom is -0.381 e. The van der Waals surface area contributed by atoms with Gasteiger partial charge in [0.05, 0.1) is 6.54 Å². The van der Waals surface area contributed by atoms with Crippen LogP contribution in [0.15, 0.2) is 0 Å². The summed E-state index contributed by atoms with van der Waals surface area (Å²) >= 11 is 0. The highest BCUT2D eigenvalue weighted by Crippen LogP contribution is 2.24. The smallest absolute Gasteiger partial charge is 0.245 e. The van der Waals surface area contributed by atoms with E-state index in [4.69, 9.17) is 4.74 Å². The van der Waals surface area contributed by atoms with Gasteiger partial charge in [-0.05, 0) is 32.1 Å². The number of nitrogens with zero attached hydrogens (tertiary/aromatic N) is 1. The Kier molecular flexibility index (Phi) is 4.80. The van der Waals surface area contributed by atoms with Crippen molar-refractivity contribution in [2.24, 2.45) is 5.92 Å². The number of rotatable bonds is 4. The van der Waals surface area contributed by atoms with Crippen molar-refractivity contribution >= 4 is 11.8 Å². The normalized spacial score (nSPS) is 27.3. The first-order valence-electron chi connectivity index (χ1n) is 7.31. The van der Waals surface area contributed by atoms with Crippen LogP contribution >= 0.6 is 0 Å². The Morgan fingerprint density at radius 1 is 1.37 bits per heavy atom. The second kappa shape index (κ2) is 6.37. The number of hydrogen-bond acceptors (Lipinski definition) is 3. The maximum Gasteiger partial charge on any atom is 0.245 e. The van der Waals surface area contributed by atoms with E-state index < -0.39 is 0 Å². The molecule has 2 aliphatic heterocycles. The third-order valence-electron chi connectivity index (χ3n) is 4.25. The summed E-state index contributed by atoms with van der Waals surface area (Å²) in [4.78, 5) is 26.0. The van der Waals surface area contributed by atoms with E-state index >= 15 is 0 Å². The lowest BCUT2D eigenvalue weighted by Crippen LogP contribution is -2.61. The average Bonchev–Trinajstić information content (AvgIpc) is 2.43. The molecule has 19 heavy (non-hydrogen) atoms. The highest BCUT2D eigenvalue weighted by Gasteiger charge is 2.37. The molecular formula is C14H24N2O3. The molecule has 2 unspecified atom stereocenters. The van der Waals surface area contributed by atoms with Gasteiger partial charge in [-0.15, -0.1) is 0 Å². The fourth-order valence-electron chi connectivity index (χ4n) is 3.02. The van der Waals surface area contributed by atoms with Crippen LogP contribution in [0, 0.1) is 5.92 Å². The van der Waals surface area contributed by atoms with Gasteiger partial charge in [0.25, 0.3) is 0 Å². The second-order valence-electron chi connectivity index (χ2n) is 5.57. The van der Waals surface area contributed by atoms with Crippen LogP contribution in [-0.4, -0.2) is 48.6 Å². The van der Waals surface area contributed by atoms with Crippen LogP contribution in [0.4, 0.5) is 0 Å². The van der Waals surface area contributed by atoms with Crippen LogP contribution in [-0.2, 0) is 14.3 Å². The van der Waals surface area contributed by atoms with E-state index in [0.717, 1.165) is 38.9 Å². The van der Waals surface area contributed by atoms with Gasteiger partial charge in [-0.3, -0.25) is 9.59 Å². The van der Waals surface area contributed by atoms with Crippen molar-refractivity contribution < 1.29 is 14.3 Å². The largest absolute Gasteiger partial charge is 0.381 e. The van der Waals surface area contributed by atoms with E-state index in [-0.39, 0.29) is 30.4 Å². The highest BCUT2D eigenvalue weighted by molar-refractivity contribution is 5.95. The van der Waals surface area contributed by atoms with E-state index in [2.05, 4.69) is 12.2 Å². The van der Waals surface area contributed by atoms with Crippen LogP contribution in [0.25, 0.3) is 0 Å². The molecule has 0 saturated carbocycles. The fourth-order valence-corrected chi connectivity index (χ4v) is 3.02. The van der Waals surface area contributed by atoms with Crippen molar-refractivity contribution in [3.05, 3.63) is 0 Å². The predicted molar refractivity (Wildman–Crippen MR) is 71.6 cm³/mol. The lowest BCUT2D eigenvalue weighted by Gasteiger charge is -2.40. The lowest BCUT2D eigenvalue weighted by molar-refractivity contribution is -0.148. The summed E-state index contributed by atoms with van der Waals surface area (Å²) in [6.45, 7) is 5.83. The molecule has 2 amide bonds. The van der Waals surface area contributed by atoms with Crippen molar-refractivity contribution in [3.8, 4) is 0 Å². The monoisotopic (exact) mass is 268 g/mol. The van der Waals surface area contributed by atoms with Crippen molar-refractivity contribution in [1.29, 1.82) is 0 Å². The van der Waals surface area contributed by atoms with Gasteiger partial charge in [0.15, 0.2) is 0 Å². The minimum absolute atomic E-state index is 0.0306. The van der Waals surface area contributed by atoms with Crippen molar-refractivity contribution in [1.82, 2.24) is 10.2 Å². The Labute approximate surface area is 114 Å². The van der Waals surface area contributed by atoms with E-state index in [0.29, 0.717) is 5.92 Å². The molecule has 0 radical (unpaired) electrons. The SMILES string of the molecule is CCCC1NC(=O)CN(C(C)C2CCOCC2)C1=O. The predicted octanol–water partition coefficient (Wildman–Crippen LogP) is 0.929. The number of hydrogen-bond donors (Lipinski definition) is 1. The van der Waals surface area contributed by atoms with Gasteiger partial charge < -0.3 is 15.0 Å². The Balaban J connectivity index is 2.03. The molecule has 1 N–H and O–H groups in total. The van der Waals surface area contributed by atoms with E-state index in [1.165, 1.54) is 0 Å². The first-order chi connectivity index (χ1) is 9.13. The molecule has 2 fully saturated rings. The molecule has 0 aromatic carbocycles. The summed E-state index contributed by atoms with van der Waals surface area (Å²) in [7, 11) is 0. The Morgan fingerprint density at radius 2 is 2.05 bits per heavy atom. The Bertz CT molecular complexity index is 340. The number of nitrogens with one attached hydrogen (secondary N) is 1. The van der Waals surface area contributed by atoms with E-state index in [9.17, 15) is 9.59 Å². The number of carbonyl (C=O) groups is 2. The second-order valence-corrected chi connectivity index (χ2v) is 5.57. The van der Waals surface area contributed by atoms with Crippen molar-refractivity contribution in [2.75, 3.05) is 19.8 Å². The molecule has 2 atom stereocenters. The summed E-state index contributed by atoms with van der Waals surface area (Å²) in [5, 5.41) is 2.80. The van der Waals surface area contributed by atoms with Crippen LogP contribution < -0.4 is 5.32 Å². The van der Waals surface area contributed by atoms with Crippen LogP contribution in [0.5, 0.6) is 0 Å². The first kappa shape index (κ1) is 14.3. The van der Waals surface area contributed by atoms with Gasteiger partial charge in [0, 0.05) is 19.3 Å². The Hall–Kier alpha value is -1.10. The van der Waals surface area contributed by atoms with Gasteiger partial charge in [0.2, 0.25) is 11.8 Å². The third kappa shape index (κ3) is 3.26. The zero-order valence-corrected chi connectivity index (χ0v) is 11.9. The molecule has 5 nitrogen and oxygen atoms in total. The third-order valence-corrected chi connectivity index (χ3v) is 4.25. The maximum absolute atomic E-state index is 12.4. The molecule has 0 spiro atoms. The number of ether oxygens (including phenoxy) is 1. The topological polar surface area (TPSA) is 58.6 Å². The fraction of sp³-hybridized carbons (Fsp3) is 0.857. The number of carbonyl (C=O) groups excluding carboxylic acids is 2. The quantitative estimate of drug-likeness (QED) is 0.825. The van der Waals surface area contributed by atoms with E-state index in [1.807, 2.05) is 6.92 Å². The summed E-state index contributed by atoms with van der Waals surface area (Å²) in [6, 6.07) is -0.199. The minimum atomic E-state index is -0.325. The molecule has 2 aliphatic rings. The van der Waals surface area contributed by atoms with Gasteiger partial charge in [-0.1, -0.05) is 13.3 Å². The summed E-state index contributed by atoms with van der Waals surface area (Å²) in [6.07, 6.45) is 3.58. The van der Waals surface area contributed by atoms with Crippen LogP contribution in [0.3, 0.4) is 0 Å². The molecular weight excluding hydrogens is 244 g/mol. The summed E-state index contributed by atoms with van der Waals surface area (Å²) in [5.41, 5.74) is 0. The van der Waals surface area contributed by atoms with Crippen molar-refractivity contribution in [3.63, 3.8) is 0 Å². The Morgan fingerprint density at radius 3 is 2.68 bits per heavy atom. The maximum atomic E-state index is 12.4. The summed E-state index contributed by atoms with van der Waals surface area (Å²) in [5.74, 6) is 0.503. The van der Waals surface area contributed by atoms with Crippen LogP contribution in [0.2, 0.25) is 0 Å². The molecule has 2 saturated heterocycles. The molecule has 0 bridgehead atoms. The van der Waals surface area contributed by atoms with Gasteiger partial charge in [-0.25, -0.2) is 0 Å². The molecule has 108 valence electrons. The molecule has 5 heteroatoms. The summed E-state index contributed by atoms with van der Waals surface area (Å²) < 4.78 is 5.36. The van der Waals surface area contributed by atoms with Gasteiger partial charge in [0.1, 0.15) is 6.04 Å². The molecule has 2 rings (SSSR count). The number of piperazine rings is 1. The molecule has 0 aromatic rings. The van der Waals surface area contributed by atoms with Gasteiger partial charge in [-0.2, -0.15) is 0 Å². The molecule has 0 aliphatic carbocycles. The zero-order valence-electron chi connectivity index (χ0n) is 11.9. The average molecular weight is 268 g/mol. The first-order valence-corrected chi connectivity index (χ1v) is 7.31. The molecule has 2 heterocycles. The zero-order chi connectivity index (χ0) is 13.8.